The van der Waals surface area contributed by atoms with Crippen LogP contribution in [0.2, 0.25) is 0 Å². The second-order valence-electron chi connectivity index (χ2n) is 7.69. The van der Waals surface area contributed by atoms with Gasteiger partial charge in [0.2, 0.25) is 0 Å². The maximum Gasteiger partial charge on any atom is 0.319 e. The van der Waals surface area contributed by atoms with Crippen LogP contribution in [-0.4, -0.2) is 54.3 Å². The summed E-state index contributed by atoms with van der Waals surface area (Å²) in [6.07, 6.45) is 3.97. The molecular weight excluding hydrogens is 346 g/mol. The van der Waals surface area contributed by atoms with E-state index in [0.29, 0.717) is 5.92 Å². The first kappa shape index (κ1) is 19.6. The number of carboxylic acids is 1. The summed E-state index contributed by atoms with van der Waals surface area (Å²) in [6, 6.07) is 7.71. The van der Waals surface area contributed by atoms with Gasteiger partial charge in [0.15, 0.2) is 0 Å². The number of urea groups is 1. The number of carbonyl (C=O) groups excluding carboxylic acids is 1. The SMILES string of the molecule is COC(C)c1cccc(NC(=O)NC2CC(N(CC(=O)O)CC3CC3)C2)c1. The topological polar surface area (TPSA) is 90.9 Å². The Bertz CT molecular complexity index is 671. The van der Waals surface area contributed by atoms with Gasteiger partial charge in [0.25, 0.3) is 0 Å². The van der Waals surface area contributed by atoms with Gasteiger partial charge in [-0.15, -0.1) is 0 Å². The molecule has 7 heteroatoms. The average molecular weight is 375 g/mol. The van der Waals surface area contributed by atoms with Crippen molar-refractivity contribution in [2.45, 2.75) is 50.8 Å². The van der Waals surface area contributed by atoms with Crippen molar-refractivity contribution in [2.24, 2.45) is 5.92 Å². The summed E-state index contributed by atoms with van der Waals surface area (Å²) >= 11 is 0. The molecule has 27 heavy (non-hydrogen) atoms. The molecule has 2 aliphatic carbocycles. The van der Waals surface area contributed by atoms with Crippen LogP contribution < -0.4 is 10.6 Å². The van der Waals surface area contributed by atoms with Crippen molar-refractivity contribution in [1.29, 1.82) is 0 Å². The molecule has 2 aliphatic rings. The lowest BCUT2D eigenvalue weighted by Gasteiger charge is -2.42. The number of methoxy groups -OCH3 is 1. The van der Waals surface area contributed by atoms with Crippen molar-refractivity contribution in [1.82, 2.24) is 10.2 Å². The zero-order chi connectivity index (χ0) is 19.4. The molecule has 0 aliphatic heterocycles. The van der Waals surface area contributed by atoms with E-state index in [-0.39, 0.29) is 30.8 Å². The van der Waals surface area contributed by atoms with E-state index in [1.54, 1.807) is 7.11 Å². The Kier molecular flexibility index (Phi) is 6.34. The molecule has 2 fully saturated rings. The predicted octanol–water partition coefficient (Wildman–Crippen LogP) is 2.84. The van der Waals surface area contributed by atoms with Crippen molar-refractivity contribution < 1.29 is 19.4 Å². The lowest BCUT2D eigenvalue weighted by atomic mass is 9.85. The molecule has 2 saturated carbocycles. The number of nitrogens with one attached hydrogen (secondary N) is 2. The van der Waals surface area contributed by atoms with Gasteiger partial charge in [-0.2, -0.15) is 0 Å². The van der Waals surface area contributed by atoms with Crippen LogP contribution in [0, 0.1) is 5.92 Å². The third-order valence-corrected chi connectivity index (χ3v) is 5.46. The Morgan fingerprint density at radius 3 is 2.70 bits per heavy atom. The van der Waals surface area contributed by atoms with Crippen molar-refractivity contribution in [3.8, 4) is 0 Å². The van der Waals surface area contributed by atoms with Gasteiger partial charge in [0.05, 0.1) is 12.6 Å². The molecule has 0 bridgehead atoms. The minimum absolute atomic E-state index is 0.0334. The van der Waals surface area contributed by atoms with Gasteiger partial charge in [-0.3, -0.25) is 9.69 Å². The van der Waals surface area contributed by atoms with Crippen molar-refractivity contribution in [3.05, 3.63) is 29.8 Å². The first-order valence-corrected chi connectivity index (χ1v) is 9.60. The van der Waals surface area contributed by atoms with Crippen molar-refractivity contribution in [2.75, 3.05) is 25.5 Å². The standard InChI is InChI=1S/C20H29N3O4/c1-13(27-2)15-4-3-5-16(8-15)21-20(26)22-17-9-18(10-17)23(12-19(24)25)11-14-6-7-14/h3-5,8,13-14,17-18H,6-7,9-12H2,1-2H3,(H,24,25)(H2,21,22,26). The highest BCUT2D eigenvalue weighted by Gasteiger charge is 2.37. The number of ether oxygens (including phenoxy) is 1. The van der Waals surface area contributed by atoms with Crippen LogP contribution >= 0.6 is 0 Å². The Morgan fingerprint density at radius 1 is 1.33 bits per heavy atom. The van der Waals surface area contributed by atoms with Crippen LogP contribution in [0.4, 0.5) is 10.5 Å². The number of amides is 2. The first-order valence-electron chi connectivity index (χ1n) is 9.60. The molecule has 1 aromatic carbocycles. The highest BCUT2D eigenvalue weighted by atomic mass is 16.5. The third kappa shape index (κ3) is 5.68. The second-order valence-corrected chi connectivity index (χ2v) is 7.69. The fourth-order valence-electron chi connectivity index (χ4n) is 3.51. The molecule has 0 heterocycles. The number of rotatable bonds is 9. The molecule has 148 valence electrons. The Hall–Kier alpha value is -2.12. The smallest absolute Gasteiger partial charge is 0.319 e. The van der Waals surface area contributed by atoms with Gasteiger partial charge in [0.1, 0.15) is 0 Å². The summed E-state index contributed by atoms with van der Waals surface area (Å²) in [5.41, 5.74) is 1.73. The Labute approximate surface area is 160 Å². The quantitative estimate of drug-likeness (QED) is 0.617. The van der Waals surface area contributed by atoms with E-state index in [0.717, 1.165) is 30.6 Å². The molecule has 0 spiro atoms. The van der Waals surface area contributed by atoms with E-state index in [4.69, 9.17) is 9.84 Å². The summed E-state index contributed by atoms with van der Waals surface area (Å²) in [5.74, 6) is -0.128. The fourth-order valence-corrected chi connectivity index (χ4v) is 3.51. The molecule has 3 rings (SSSR count). The summed E-state index contributed by atoms with van der Waals surface area (Å²) < 4.78 is 5.31. The number of nitrogens with zero attached hydrogens (tertiary/aromatic N) is 1. The van der Waals surface area contributed by atoms with Crippen LogP contribution in [-0.2, 0) is 9.53 Å². The minimum Gasteiger partial charge on any atom is -0.480 e. The predicted molar refractivity (Wildman–Crippen MR) is 103 cm³/mol. The first-order chi connectivity index (χ1) is 12.9. The van der Waals surface area contributed by atoms with Gasteiger partial charge in [-0.25, -0.2) is 4.79 Å². The molecule has 1 unspecified atom stereocenters. The van der Waals surface area contributed by atoms with Crippen LogP contribution in [0.3, 0.4) is 0 Å². The zero-order valence-corrected chi connectivity index (χ0v) is 16.0. The molecule has 7 nitrogen and oxygen atoms in total. The number of aliphatic carboxylic acids is 1. The van der Waals surface area contributed by atoms with Gasteiger partial charge in [-0.1, -0.05) is 12.1 Å². The van der Waals surface area contributed by atoms with Crippen LogP contribution in [0.15, 0.2) is 24.3 Å². The summed E-state index contributed by atoms with van der Waals surface area (Å²) in [5, 5.41) is 15.0. The highest BCUT2D eigenvalue weighted by molar-refractivity contribution is 5.89. The molecular formula is C20H29N3O4. The van der Waals surface area contributed by atoms with Gasteiger partial charge in [0, 0.05) is 31.4 Å². The fraction of sp³-hybridized carbons (Fsp3) is 0.600. The van der Waals surface area contributed by atoms with Gasteiger partial charge >= 0.3 is 12.0 Å². The molecule has 1 aromatic rings. The molecule has 3 N–H and O–H groups in total. The summed E-state index contributed by atoms with van der Waals surface area (Å²) in [6.45, 7) is 2.91. The number of carboxylic acid groups (broad SMARTS) is 1. The number of carbonyl (C=O) groups is 2. The number of hydrogen-bond donors (Lipinski definition) is 3. The van der Waals surface area contributed by atoms with E-state index >= 15 is 0 Å². The second kappa shape index (κ2) is 8.71. The van der Waals surface area contributed by atoms with E-state index in [1.807, 2.05) is 31.2 Å². The summed E-state index contributed by atoms with van der Waals surface area (Å²) in [4.78, 5) is 25.4. The molecule has 0 radical (unpaired) electrons. The van der Waals surface area contributed by atoms with Crippen LogP contribution in [0.1, 0.15) is 44.3 Å². The number of benzene rings is 1. The zero-order valence-electron chi connectivity index (χ0n) is 16.0. The molecule has 0 aromatic heterocycles. The van der Waals surface area contributed by atoms with Gasteiger partial charge in [-0.05, 0) is 56.2 Å². The van der Waals surface area contributed by atoms with Gasteiger partial charge < -0.3 is 20.5 Å². The highest BCUT2D eigenvalue weighted by Crippen LogP contribution is 2.33. The monoisotopic (exact) mass is 375 g/mol. The number of anilines is 1. The lowest BCUT2D eigenvalue weighted by molar-refractivity contribution is -0.139. The molecule has 2 amide bonds. The maximum absolute atomic E-state index is 12.2. The largest absolute Gasteiger partial charge is 0.480 e. The molecule has 0 saturated heterocycles. The van der Waals surface area contributed by atoms with Crippen LogP contribution in [0.25, 0.3) is 0 Å². The van der Waals surface area contributed by atoms with Crippen molar-refractivity contribution in [3.63, 3.8) is 0 Å². The van der Waals surface area contributed by atoms with E-state index in [9.17, 15) is 9.59 Å². The lowest BCUT2D eigenvalue weighted by Crippen LogP contribution is -2.55. The normalized spacial score (nSPS) is 22.8. The Morgan fingerprint density at radius 2 is 2.07 bits per heavy atom. The van der Waals surface area contributed by atoms with E-state index in [2.05, 4.69) is 15.5 Å². The van der Waals surface area contributed by atoms with Crippen molar-refractivity contribution >= 4 is 17.7 Å². The minimum atomic E-state index is -0.782. The van der Waals surface area contributed by atoms with Crippen LogP contribution in [0.5, 0.6) is 0 Å². The molecule has 1 atom stereocenters. The Balaban J connectivity index is 1.45. The van der Waals surface area contributed by atoms with E-state index in [1.165, 1.54) is 12.8 Å². The third-order valence-electron chi connectivity index (χ3n) is 5.46. The average Bonchev–Trinajstić information content (AvgIpc) is 3.40. The van der Waals surface area contributed by atoms with E-state index < -0.39 is 5.97 Å². The maximum atomic E-state index is 12.2. The number of hydrogen-bond acceptors (Lipinski definition) is 4. The summed E-state index contributed by atoms with van der Waals surface area (Å²) in [7, 11) is 1.65.